The Morgan fingerprint density at radius 1 is 1.07 bits per heavy atom. The number of methoxy groups -OCH3 is 1. The van der Waals surface area contributed by atoms with Crippen molar-refractivity contribution in [2.75, 3.05) is 38.7 Å². The lowest BCUT2D eigenvalue weighted by Crippen LogP contribution is -2.56. The maximum Gasteiger partial charge on any atom is 0.321 e. The number of fused-ring (bicyclic) bond motifs is 2. The average Bonchev–Trinajstić information content (AvgIpc) is 3.01. The number of hydrogen-bond acceptors (Lipinski definition) is 5. The number of likely N-dealkylation sites (tertiary alicyclic amines) is 1. The second kappa shape index (κ2) is 9.06. The first kappa shape index (κ1) is 20.0. The monoisotopic (exact) mass is 406 g/mol. The van der Waals surface area contributed by atoms with E-state index < -0.39 is 0 Å². The summed E-state index contributed by atoms with van der Waals surface area (Å²) in [6.07, 6.45) is 2.21. The smallest absolute Gasteiger partial charge is 0.321 e. The van der Waals surface area contributed by atoms with E-state index in [0.29, 0.717) is 24.3 Å². The van der Waals surface area contributed by atoms with E-state index in [4.69, 9.17) is 14.7 Å². The van der Waals surface area contributed by atoms with E-state index in [0.717, 1.165) is 49.7 Å². The Morgan fingerprint density at radius 2 is 1.70 bits per heavy atom. The van der Waals surface area contributed by atoms with Crippen LogP contribution in [0.3, 0.4) is 0 Å². The minimum atomic E-state index is -0.0504. The third kappa shape index (κ3) is 4.50. The number of amides is 2. The molecule has 2 aromatic carbocycles. The molecule has 0 aromatic heterocycles. The van der Waals surface area contributed by atoms with Gasteiger partial charge in [-0.25, -0.2) is 4.79 Å². The maximum atomic E-state index is 12.7. The van der Waals surface area contributed by atoms with Crippen LogP contribution in [0.1, 0.15) is 18.4 Å². The summed E-state index contributed by atoms with van der Waals surface area (Å²) >= 11 is 0. The first-order chi connectivity index (χ1) is 14.7. The van der Waals surface area contributed by atoms with Gasteiger partial charge >= 0.3 is 6.03 Å². The van der Waals surface area contributed by atoms with Gasteiger partial charge in [0, 0.05) is 37.4 Å². The highest BCUT2D eigenvalue weighted by Gasteiger charge is 2.41. The van der Waals surface area contributed by atoms with Crippen LogP contribution in [0.4, 0.5) is 10.5 Å². The number of nitrogens with one attached hydrogen (secondary N) is 1. The van der Waals surface area contributed by atoms with Crippen molar-refractivity contribution in [3.8, 4) is 17.6 Å². The molecule has 0 aliphatic carbocycles. The number of hydrogen-bond donors (Lipinski definition) is 1. The Labute approximate surface area is 176 Å². The van der Waals surface area contributed by atoms with Gasteiger partial charge in [0.2, 0.25) is 0 Å². The van der Waals surface area contributed by atoms with Crippen LogP contribution in [-0.4, -0.2) is 61.3 Å². The zero-order chi connectivity index (χ0) is 20.9. The fourth-order valence-electron chi connectivity index (χ4n) is 4.29. The highest BCUT2D eigenvalue weighted by atomic mass is 16.5. The molecular weight excluding hydrogens is 380 g/mol. The van der Waals surface area contributed by atoms with Crippen molar-refractivity contribution < 1.29 is 14.3 Å². The van der Waals surface area contributed by atoms with Crippen LogP contribution in [0.5, 0.6) is 11.5 Å². The molecule has 2 atom stereocenters. The molecule has 0 radical (unpaired) electrons. The minimum absolute atomic E-state index is 0.0504. The second-order valence-corrected chi connectivity index (χ2v) is 7.67. The normalized spacial score (nSPS) is 20.5. The molecule has 2 fully saturated rings. The summed E-state index contributed by atoms with van der Waals surface area (Å²) in [7, 11) is 1.62. The molecule has 2 heterocycles. The molecule has 4 rings (SSSR count). The van der Waals surface area contributed by atoms with Gasteiger partial charge in [-0.3, -0.25) is 4.90 Å². The van der Waals surface area contributed by atoms with Gasteiger partial charge in [-0.15, -0.1) is 0 Å². The van der Waals surface area contributed by atoms with Crippen molar-refractivity contribution >= 4 is 11.7 Å². The largest absolute Gasteiger partial charge is 0.497 e. The number of urea groups is 1. The van der Waals surface area contributed by atoms with E-state index in [2.05, 4.69) is 16.3 Å². The van der Waals surface area contributed by atoms with Crippen molar-refractivity contribution in [1.29, 1.82) is 5.26 Å². The summed E-state index contributed by atoms with van der Waals surface area (Å²) in [6, 6.07) is 17.4. The van der Waals surface area contributed by atoms with E-state index >= 15 is 0 Å². The van der Waals surface area contributed by atoms with E-state index in [1.54, 1.807) is 19.2 Å². The molecule has 2 bridgehead atoms. The third-order valence-corrected chi connectivity index (χ3v) is 5.86. The fourth-order valence-corrected chi connectivity index (χ4v) is 4.29. The van der Waals surface area contributed by atoms with Gasteiger partial charge in [-0.2, -0.15) is 5.26 Å². The number of nitrogens with zero attached hydrogens (tertiary/aromatic N) is 3. The summed E-state index contributed by atoms with van der Waals surface area (Å²) < 4.78 is 11.0. The summed E-state index contributed by atoms with van der Waals surface area (Å²) in [6.45, 7) is 2.89. The van der Waals surface area contributed by atoms with Crippen LogP contribution in [0, 0.1) is 11.3 Å². The molecule has 2 saturated heterocycles. The highest BCUT2D eigenvalue weighted by Crippen LogP contribution is 2.30. The van der Waals surface area contributed by atoms with Crippen LogP contribution in [0.2, 0.25) is 0 Å². The quantitative estimate of drug-likeness (QED) is 0.796. The highest BCUT2D eigenvalue weighted by molar-refractivity contribution is 5.89. The molecule has 2 unspecified atom stereocenters. The van der Waals surface area contributed by atoms with Gasteiger partial charge in [0.1, 0.15) is 18.1 Å². The maximum absolute atomic E-state index is 12.7. The van der Waals surface area contributed by atoms with Crippen molar-refractivity contribution in [2.24, 2.45) is 0 Å². The molecule has 0 saturated carbocycles. The first-order valence-electron chi connectivity index (χ1n) is 10.2. The predicted molar refractivity (Wildman–Crippen MR) is 114 cm³/mol. The Bertz CT molecular complexity index is 894. The number of anilines is 1. The van der Waals surface area contributed by atoms with E-state index in [1.807, 2.05) is 41.3 Å². The minimum Gasteiger partial charge on any atom is -0.497 e. The first-order valence-corrected chi connectivity index (χ1v) is 10.2. The molecule has 0 spiro atoms. The Hall–Kier alpha value is -3.24. The molecular formula is C23H26N4O3. The van der Waals surface area contributed by atoms with Crippen molar-refractivity contribution in [2.45, 2.75) is 24.9 Å². The second-order valence-electron chi connectivity index (χ2n) is 7.67. The van der Waals surface area contributed by atoms with Crippen molar-refractivity contribution in [1.82, 2.24) is 9.80 Å². The van der Waals surface area contributed by atoms with Crippen LogP contribution < -0.4 is 14.8 Å². The molecule has 2 amide bonds. The number of nitriles is 1. The SMILES string of the molecule is COc1ccc(NC(=O)N2CC3CCC(C2)N3CCOc2ccc(C#N)cc2)cc1. The lowest BCUT2D eigenvalue weighted by molar-refractivity contribution is 0.0747. The van der Waals surface area contributed by atoms with Crippen LogP contribution in [0.15, 0.2) is 48.5 Å². The molecule has 30 heavy (non-hydrogen) atoms. The molecule has 156 valence electrons. The number of benzene rings is 2. The molecule has 7 nitrogen and oxygen atoms in total. The molecule has 7 heteroatoms. The zero-order valence-corrected chi connectivity index (χ0v) is 17.1. The summed E-state index contributed by atoms with van der Waals surface area (Å²) in [5, 5.41) is 11.9. The van der Waals surface area contributed by atoms with E-state index in [-0.39, 0.29) is 6.03 Å². The van der Waals surface area contributed by atoms with Crippen molar-refractivity contribution in [3.05, 3.63) is 54.1 Å². The molecule has 1 N–H and O–H groups in total. The molecule has 2 aliphatic heterocycles. The third-order valence-electron chi connectivity index (χ3n) is 5.86. The summed E-state index contributed by atoms with van der Waals surface area (Å²) in [4.78, 5) is 17.1. The van der Waals surface area contributed by atoms with Crippen LogP contribution in [-0.2, 0) is 0 Å². The number of carbonyl (C=O) groups excluding carboxylic acids is 1. The average molecular weight is 406 g/mol. The van der Waals surface area contributed by atoms with Crippen LogP contribution >= 0.6 is 0 Å². The Balaban J connectivity index is 1.27. The number of carbonyl (C=O) groups is 1. The zero-order valence-electron chi connectivity index (χ0n) is 17.1. The Morgan fingerprint density at radius 3 is 2.30 bits per heavy atom. The Kier molecular flexibility index (Phi) is 6.05. The van der Waals surface area contributed by atoms with Gasteiger partial charge < -0.3 is 19.7 Å². The van der Waals surface area contributed by atoms with Gasteiger partial charge in [-0.05, 0) is 61.4 Å². The van der Waals surface area contributed by atoms with E-state index in [1.165, 1.54) is 0 Å². The van der Waals surface area contributed by atoms with Crippen LogP contribution in [0.25, 0.3) is 0 Å². The van der Waals surface area contributed by atoms with E-state index in [9.17, 15) is 4.79 Å². The molecule has 2 aliphatic rings. The number of ether oxygens (including phenoxy) is 2. The summed E-state index contributed by atoms with van der Waals surface area (Å²) in [5.74, 6) is 1.54. The predicted octanol–water partition coefficient (Wildman–Crippen LogP) is 3.33. The topological polar surface area (TPSA) is 77.8 Å². The lowest BCUT2D eigenvalue weighted by atomic mass is 10.2. The fraction of sp³-hybridized carbons (Fsp3) is 0.391. The number of piperazine rings is 1. The molecule has 2 aromatic rings. The van der Waals surface area contributed by atoms with Crippen molar-refractivity contribution in [3.63, 3.8) is 0 Å². The van der Waals surface area contributed by atoms with Gasteiger partial charge in [0.15, 0.2) is 0 Å². The summed E-state index contributed by atoms with van der Waals surface area (Å²) in [5.41, 5.74) is 1.40. The number of rotatable bonds is 6. The van der Waals surface area contributed by atoms with Gasteiger partial charge in [0.25, 0.3) is 0 Å². The standard InChI is InChI=1S/C23H26N4O3/c1-29-21-10-4-18(5-11-21)25-23(28)26-15-19-6-7-20(16-26)27(19)12-13-30-22-8-2-17(14-24)3-9-22/h2-5,8-11,19-20H,6-7,12-13,15-16H2,1H3,(H,25,28). The van der Waals surface area contributed by atoms with Gasteiger partial charge in [0.05, 0.1) is 18.7 Å². The lowest BCUT2D eigenvalue weighted by Gasteiger charge is -2.40. The van der Waals surface area contributed by atoms with Gasteiger partial charge in [-0.1, -0.05) is 0 Å².